The van der Waals surface area contributed by atoms with Gasteiger partial charge in [-0.3, -0.25) is 0 Å². The third-order valence-electron chi connectivity index (χ3n) is 2.51. The van der Waals surface area contributed by atoms with E-state index in [0.717, 1.165) is 11.3 Å². The predicted molar refractivity (Wildman–Crippen MR) is 67.5 cm³/mol. The van der Waals surface area contributed by atoms with Crippen LogP contribution in [0.1, 0.15) is 11.6 Å². The average Bonchev–Trinajstić information content (AvgIpc) is 2.84. The number of likely N-dealkylation sites (N-methyl/N-ethyl adjacent to an activating group) is 1. The molecule has 90 valence electrons. The van der Waals surface area contributed by atoms with Crippen LogP contribution in [0.3, 0.4) is 0 Å². The summed E-state index contributed by atoms with van der Waals surface area (Å²) in [5.41, 5.74) is 1.06. The second-order valence-electron chi connectivity index (χ2n) is 3.67. The maximum atomic E-state index is 5.88. The number of hydrogen-bond donors (Lipinski definition) is 1. The van der Waals surface area contributed by atoms with Gasteiger partial charge in [0, 0.05) is 10.6 Å². The monoisotopic (exact) mass is 251 g/mol. The molecule has 1 heterocycles. The Labute approximate surface area is 105 Å². The van der Waals surface area contributed by atoms with Gasteiger partial charge in [0.2, 0.25) is 0 Å². The summed E-state index contributed by atoms with van der Waals surface area (Å²) < 4.78 is 10.7. The lowest BCUT2D eigenvalue weighted by Crippen LogP contribution is -2.22. The third-order valence-corrected chi connectivity index (χ3v) is 2.74. The summed E-state index contributed by atoms with van der Waals surface area (Å²) >= 11 is 5.88. The van der Waals surface area contributed by atoms with E-state index in [1.54, 1.807) is 18.6 Å². The highest BCUT2D eigenvalue weighted by molar-refractivity contribution is 6.30. The molecule has 2 aromatic rings. The van der Waals surface area contributed by atoms with E-state index in [9.17, 15) is 0 Å². The SMILES string of the molecule is CNC(COc1cccc(Cl)c1)c1ccoc1. The van der Waals surface area contributed by atoms with Crippen LogP contribution in [0.2, 0.25) is 5.02 Å². The Morgan fingerprint density at radius 2 is 2.29 bits per heavy atom. The summed E-state index contributed by atoms with van der Waals surface area (Å²) in [5, 5.41) is 3.84. The average molecular weight is 252 g/mol. The van der Waals surface area contributed by atoms with Crippen molar-refractivity contribution in [3.05, 3.63) is 53.4 Å². The third kappa shape index (κ3) is 3.25. The number of rotatable bonds is 5. The summed E-state index contributed by atoms with van der Waals surface area (Å²) in [5.74, 6) is 0.765. The van der Waals surface area contributed by atoms with Crippen LogP contribution in [-0.2, 0) is 0 Å². The lowest BCUT2D eigenvalue weighted by molar-refractivity contribution is 0.272. The highest BCUT2D eigenvalue weighted by atomic mass is 35.5. The first-order chi connectivity index (χ1) is 8.29. The van der Waals surface area contributed by atoms with Gasteiger partial charge < -0.3 is 14.5 Å². The maximum absolute atomic E-state index is 5.88. The molecule has 0 bridgehead atoms. The van der Waals surface area contributed by atoms with E-state index in [4.69, 9.17) is 20.8 Å². The minimum Gasteiger partial charge on any atom is -0.492 e. The molecular formula is C13H14ClNO2. The summed E-state index contributed by atoms with van der Waals surface area (Å²) in [4.78, 5) is 0. The van der Waals surface area contributed by atoms with Crippen LogP contribution in [0.5, 0.6) is 5.75 Å². The van der Waals surface area contributed by atoms with Crippen molar-refractivity contribution in [3.63, 3.8) is 0 Å². The van der Waals surface area contributed by atoms with Crippen LogP contribution in [0.4, 0.5) is 0 Å². The number of hydrogen-bond acceptors (Lipinski definition) is 3. The van der Waals surface area contributed by atoms with Crippen molar-refractivity contribution >= 4 is 11.6 Å². The molecule has 1 aromatic heterocycles. The molecular weight excluding hydrogens is 238 g/mol. The molecule has 0 amide bonds. The summed E-state index contributed by atoms with van der Waals surface area (Å²) in [6.07, 6.45) is 3.36. The van der Waals surface area contributed by atoms with E-state index in [1.807, 2.05) is 31.3 Å². The Hall–Kier alpha value is -1.45. The van der Waals surface area contributed by atoms with Gasteiger partial charge in [0.05, 0.1) is 18.6 Å². The zero-order valence-corrected chi connectivity index (χ0v) is 10.3. The van der Waals surface area contributed by atoms with E-state index in [1.165, 1.54) is 0 Å². The summed E-state index contributed by atoms with van der Waals surface area (Å²) in [7, 11) is 1.89. The maximum Gasteiger partial charge on any atom is 0.120 e. The zero-order valence-electron chi connectivity index (χ0n) is 9.52. The lowest BCUT2D eigenvalue weighted by Gasteiger charge is -2.15. The molecule has 2 rings (SSSR count). The molecule has 0 aliphatic carbocycles. The Morgan fingerprint density at radius 3 is 2.94 bits per heavy atom. The minimum atomic E-state index is 0.104. The van der Waals surface area contributed by atoms with Crippen LogP contribution in [0.15, 0.2) is 47.3 Å². The molecule has 1 aromatic carbocycles. The number of ether oxygens (including phenoxy) is 1. The van der Waals surface area contributed by atoms with Gasteiger partial charge in [0.1, 0.15) is 12.4 Å². The Morgan fingerprint density at radius 1 is 1.41 bits per heavy atom. The molecule has 1 unspecified atom stereocenters. The van der Waals surface area contributed by atoms with Crippen LogP contribution >= 0.6 is 11.6 Å². The van der Waals surface area contributed by atoms with Crippen molar-refractivity contribution in [2.75, 3.05) is 13.7 Å². The van der Waals surface area contributed by atoms with Crippen LogP contribution in [0, 0.1) is 0 Å². The van der Waals surface area contributed by atoms with Crippen LogP contribution in [0.25, 0.3) is 0 Å². The van der Waals surface area contributed by atoms with Gasteiger partial charge in [-0.05, 0) is 31.3 Å². The summed E-state index contributed by atoms with van der Waals surface area (Å²) in [6.45, 7) is 0.524. The number of benzene rings is 1. The standard InChI is InChI=1S/C13H14ClNO2/c1-15-13(10-5-6-16-8-10)9-17-12-4-2-3-11(14)7-12/h2-8,13,15H,9H2,1H3. The Bertz CT molecular complexity index is 456. The van der Waals surface area contributed by atoms with Crippen molar-refractivity contribution in [3.8, 4) is 5.75 Å². The molecule has 4 heteroatoms. The highest BCUT2D eigenvalue weighted by Crippen LogP contribution is 2.19. The lowest BCUT2D eigenvalue weighted by atomic mass is 10.2. The topological polar surface area (TPSA) is 34.4 Å². The number of halogens is 1. The second-order valence-corrected chi connectivity index (χ2v) is 4.10. The molecule has 0 aliphatic heterocycles. The van der Waals surface area contributed by atoms with E-state index in [-0.39, 0.29) is 6.04 Å². The van der Waals surface area contributed by atoms with Gasteiger partial charge in [-0.1, -0.05) is 17.7 Å². The van der Waals surface area contributed by atoms with Gasteiger partial charge in [-0.25, -0.2) is 0 Å². The Kier molecular flexibility index (Phi) is 4.07. The number of nitrogens with one attached hydrogen (secondary N) is 1. The molecule has 3 nitrogen and oxygen atoms in total. The fraction of sp³-hybridized carbons (Fsp3) is 0.231. The van der Waals surface area contributed by atoms with E-state index in [2.05, 4.69) is 5.32 Å². The molecule has 1 atom stereocenters. The van der Waals surface area contributed by atoms with Gasteiger partial charge in [-0.2, -0.15) is 0 Å². The molecule has 0 radical (unpaired) electrons. The zero-order chi connectivity index (χ0) is 12.1. The van der Waals surface area contributed by atoms with Crippen molar-refractivity contribution in [2.45, 2.75) is 6.04 Å². The van der Waals surface area contributed by atoms with Gasteiger partial charge in [0.25, 0.3) is 0 Å². The fourth-order valence-corrected chi connectivity index (χ4v) is 1.74. The molecule has 0 aliphatic rings. The molecule has 1 N–H and O–H groups in total. The molecule has 17 heavy (non-hydrogen) atoms. The first-order valence-corrected chi connectivity index (χ1v) is 5.75. The number of furan rings is 1. The van der Waals surface area contributed by atoms with E-state index in [0.29, 0.717) is 11.6 Å². The quantitative estimate of drug-likeness (QED) is 0.886. The van der Waals surface area contributed by atoms with Crippen LogP contribution < -0.4 is 10.1 Å². The highest BCUT2D eigenvalue weighted by Gasteiger charge is 2.11. The molecule has 0 saturated carbocycles. The smallest absolute Gasteiger partial charge is 0.120 e. The molecule has 0 spiro atoms. The van der Waals surface area contributed by atoms with E-state index >= 15 is 0 Å². The molecule has 0 saturated heterocycles. The van der Waals surface area contributed by atoms with Crippen molar-refractivity contribution in [1.29, 1.82) is 0 Å². The van der Waals surface area contributed by atoms with Crippen molar-refractivity contribution in [2.24, 2.45) is 0 Å². The molecule has 0 fully saturated rings. The van der Waals surface area contributed by atoms with Gasteiger partial charge in [-0.15, -0.1) is 0 Å². The Balaban J connectivity index is 1.97. The first-order valence-electron chi connectivity index (χ1n) is 5.37. The normalized spacial score (nSPS) is 12.4. The van der Waals surface area contributed by atoms with Crippen molar-refractivity contribution < 1.29 is 9.15 Å². The van der Waals surface area contributed by atoms with E-state index < -0.39 is 0 Å². The minimum absolute atomic E-state index is 0.104. The van der Waals surface area contributed by atoms with Crippen LogP contribution in [-0.4, -0.2) is 13.7 Å². The van der Waals surface area contributed by atoms with Crippen molar-refractivity contribution in [1.82, 2.24) is 5.32 Å². The first kappa shape index (κ1) is 12.0. The largest absolute Gasteiger partial charge is 0.492 e. The second kappa shape index (κ2) is 5.75. The van der Waals surface area contributed by atoms with Gasteiger partial charge in [0.15, 0.2) is 0 Å². The van der Waals surface area contributed by atoms with Gasteiger partial charge >= 0.3 is 0 Å². The fourth-order valence-electron chi connectivity index (χ4n) is 1.56. The predicted octanol–water partition coefficient (Wildman–Crippen LogP) is 3.27. The summed E-state index contributed by atoms with van der Waals surface area (Å²) in [6, 6.07) is 9.39.